The first-order valence-electron chi connectivity index (χ1n) is 9.91. The number of carbonyl (C=O) groups is 3. The van der Waals surface area contributed by atoms with Crippen molar-refractivity contribution in [2.75, 3.05) is 19.0 Å². The summed E-state index contributed by atoms with van der Waals surface area (Å²) in [5.74, 6) is -1.25. The Morgan fingerprint density at radius 3 is 2.66 bits per heavy atom. The van der Waals surface area contributed by atoms with Gasteiger partial charge in [-0.15, -0.1) is 0 Å². The molecule has 3 rings (SSSR count). The van der Waals surface area contributed by atoms with Crippen molar-refractivity contribution in [3.63, 3.8) is 0 Å². The number of anilines is 1. The number of methoxy groups -OCH3 is 1. The van der Waals surface area contributed by atoms with Gasteiger partial charge in [0.1, 0.15) is 11.8 Å². The Kier molecular flexibility index (Phi) is 7.37. The lowest BCUT2D eigenvalue weighted by atomic mass is 10.0. The number of rotatable bonds is 8. The summed E-state index contributed by atoms with van der Waals surface area (Å²) in [5, 5.41) is 6.68. The van der Waals surface area contributed by atoms with Crippen LogP contribution in [0.3, 0.4) is 0 Å². The minimum atomic E-state index is -0.938. The molecule has 0 saturated carbocycles. The molecule has 0 aliphatic rings. The lowest BCUT2D eigenvalue weighted by molar-refractivity contribution is -0.150. The molecule has 0 bridgehead atoms. The second kappa shape index (κ2) is 10.2. The van der Waals surface area contributed by atoms with Gasteiger partial charge in [0.25, 0.3) is 5.91 Å². The summed E-state index contributed by atoms with van der Waals surface area (Å²) in [6, 6.07) is 9.95. The largest absolute Gasteiger partial charge is 0.495 e. The SMILES string of the molecule is COc1cc(Cl)c(C)cc1NC(=O)COC(=O)C(Cc1c[nH]c2ccccc12)NC(C)=O. The maximum atomic E-state index is 12.7. The predicted octanol–water partition coefficient (Wildman–Crippen LogP) is 3.37. The van der Waals surface area contributed by atoms with E-state index in [1.807, 2.05) is 24.3 Å². The Bertz CT molecular complexity index is 1160. The number of esters is 1. The third-order valence-electron chi connectivity index (χ3n) is 4.86. The van der Waals surface area contributed by atoms with Gasteiger partial charge in [0.2, 0.25) is 5.91 Å². The Morgan fingerprint density at radius 2 is 1.94 bits per heavy atom. The van der Waals surface area contributed by atoms with Crippen LogP contribution in [-0.4, -0.2) is 42.5 Å². The van der Waals surface area contributed by atoms with Gasteiger partial charge in [-0.05, 0) is 30.2 Å². The fraction of sp³-hybridized carbons (Fsp3) is 0.261. The summed E-state index contributed by atoms with van der Waals surface area (Å²) in [6.07, 6.45) is 2.00. The number of amides is 2. The van der Waals surface area contributed by atoms with Gasteiger partial charge in [-0.1, -0.05) is 29.8 Å². The first-order valence-corrected chi connectivity index (χ1v) is 10.3. The number of benzene rings is 2. The molecule has 1 unspecified atom stereocenters. The molecule has 0 spiro atoms. The number of carbonyl (C=O) groups excluding carboxylic acids is 3. The van der Waals surface area contributed by atoms with Gasteiger partial charge in [0.15, 0.2) is 6.61 Å². The van der Waals surface area contributed by atoms with E-state index in [0.29, 0.717) is 16.5 Å². The second-order valence-electron chi connectivity index (χ2n) is 7.27. The highest BCUT2D eigenvalue weighted by molar-refractivity contribution is 6.31. The maximum absolute atomic E-state index is 12.7. The molecular formula is C23H24ClN3O5. The minimum absolute atomic E-state index is 0.217. The van der Waals surface area contributed by atoms with Crippen molar-refractivity contribution >= 4 is 46.0 Å². The highest BCUT2D eigenvalue weighted by Crippen LogP contribution is 2.30. The number of aromatic amines is 1. The van der Waals surface area contributed by atoms with E-state index in [-0.39, 0.29) is 12.3 Å². The van der Waals surface area contributed by atoms with Crippen molar-refractivity contribution in [1.82, 2.24) is 10.3 Å². The van der Waals surface area contributed by atoms with Crippen molar-refractivity contribution in [2.45, 2.75) is 26.3 Å². The molecule has 0 saturated heterocycles. The number of hydrogen-bond acceptors (Lipinski definition) is 5. The fourth-order valence-corrected chi connectivity index (χ4v) is 3.47. The van der Waals surface area contributed by atoms with E-state index in [0.717, 1.165) is 22.0 Å². The van der Waals surface area contributed by atoms with E-state index < -0.39 is 24.5 Å². The number of halogens is 1. The summed E-state index contributed by atoms with van der Waals surface area (Å²) in [6.45, 7) is 2.59. The van der Waals surface area contributed by atoms with Crippen LogP contribution < -0.4 is 15.4 Å². The molecule has 3 N–H and O–H groups in total. The van der Waals surface area contributed by atoms with Crippen molar-refractivity contribution in [3.8, 4) is 5.75 Å². The van der Waals surface area contributed by atoms with E-state index in [4.69, 9.17) is 21.1 Å². The summed E-state index contributed by atoms with van der Waals surface area (Å²) in [5.41, 5.74) is 2.93. The molecular weight excluding hydrogens is 434 g/mol. The van der Waals surface area contributed by atoms with E-state index in [1.54, 1.807) is 25.3 Å². The number of nitrogens with one attached hydrogen (secondary N) is 3. The van der Waals surface area contributed by atoms with Gasteiger partial charge >= 0.3 is 5.97 Å². The molecule has 9 heteroatoms. The Labute approximate surface area is 190 Å². The number of aromatic nitrogens is 1. The van der Waals surface area contributed by atoms with Crippen LogP contribution in [0.4, 0.5) is 5.69 Å². The van der Waals surface area contributed by atoms with Crippen LogP contribution in [0.25, 0.3) is 10.9 Å². The van der Waals surface area contributed by atoms with Crippen LogP contribution >= 0.6 is 11.6 Å². The molecule has 0 aliphatic carbocycles. The molecule has 0 fully saturated rings. The quantitative estimate of drug-likeness (QED) is 0.449. The van der Waals surface area contributed by atoms with Crippen molar-refractivity contribution in [1.29, 1.82) is 0 Å². The highest BCUT2D eigenvalue weighted by Gasteiger charge is 2.24. The van der Waals surface area contributed by atoms with Crippen LogP contribution in [0, 0.1) is 6.92 Å². The number of ether oxygens (including phenoxy) is 2. The van der Waals surface area contributed by atoms with Crippen molar-refractivity contribution < 1.29 is 23.9 Å². The molecule has 1 aromatic heterocycles. The van der Waals surface area contributed by atoms with Crippen LogP contribution in [0.5, 0.6) is 5.75 Å². The summed E-state index contributed by atoms with van der Waals surface area (Å²) < 4.78 is 10.4. The Balaban J connectivity index is 1.66. The van der Waals surface area contributed by atoms with Gasteiger partial charge < -0.3 is 25.1 Å². The molecule has 8 nitrogen and oxygen atoms in total. The summed E-state index contributed by atoms with van der Waals surface area (Å²) in [7, 11) is 1.46. The van der Waals surface area contributed by atoms with Crippen LogP contribution in [-0.2, 0) is 25.5 Å². The zero-order valence-electron chi connectivity index (χ0n) is 18.0. The van der Waals surface area contributed by atoms with Crippen LogP contribution in [0.1, 0.15) is 18.1 Å². The number of para-hydroxylation sites is 1. The first kappa shape index (κ1) is 23.1. The monoisotopic (exact) mass is 457 g/mol. The van der Waals surface area contributed by atoms with Gasteiger partial charge in [0.05, 0.1) is 12.8 Å². The third kappa shape index (κ3) is 5.59. The van der Waals surface area contributed by atoms with Gasteiger partial charge in [0, 0.05) is 41.5 Å². The number of hydrogen-bond donors (Lipinski definition) is 3. The molecule has 1 atom stereocenters. The van der Waals surface area contributed by atoms with Crippen LogP contribution in [0.15, 0.2) is 42.6 Å². The third-order valence-corrected chi connectivity index (χ3v) is 5.27. The second-order valence-corrected chi connectivity index (χ2v) is 7.68. The molecule has 1 heterocycles. The number of H-pyrrole nitrogens is 1. The smallest absolute Gasteiger partial charge is 0.329 e. The number of fused-ring (bicyclic) bond motifs is 1. The highest BCUT2D eigenvalue weighted by atomic mass is 35.5. The molecule has 3 aromatic rings. The Morgan fingerprint density at radius 1 is 1.19 bits per heavy atom. The van der Waals surface area contributed by atoms with E-state index >= 15 is 0 Å². The van der Waals surface area contributed by atoms with Crippen LogP contribution in [0.2, 0.25) is 5.02 Å². The zero-order valence-corrected chi connectivity index (χ0v) is 18.7. The minimum Gasteiger partial charge on any atom is -0.495 e. The molecule has 32 heavy (non-hydrogen) atoms. The predicted molar refractivity (Wildman–Crippen MR) is 122 cm³/mol. The topological polar surface area (TPSA) is 110 Å². The summed E-state index contributed by atoms with van der Waals surface area (Å²) >= 11 is 6.08. The molecule has 2 amide bonds. The summed E-state index contributed by atoms with van der Waals surface area (Å²) in [4.78, 5) is 39.8. The molecule has 2 aromatic carbocycles. The standard InChI is InChI=1S/C23H24ClN3O5/c1-13-8-19(21(31-3)10-17(13)24)27-22(29)12-32-23(30)20(26-14(2)28)9-15-11-25-18-7-5-4-6-16(15)18/h4-8,10-11,20,25H,9,12H2,1-3H3,(H,26,28)(H,27,29). The molecule has 168 valence electrons. The first-order chi connectivity index (χ1) is 15.3. The normalized spacial score (nSPS) is 11.6. The van der Waals surface area contributed by atoms with E-state index in [9.17, 15) is 14.4 Å². The Hall–Kier alpha value is -3.52. The lowest BCUT2D eigenvalue weighted by Gasteiger charge is -2.17. The lowest BCUT2D eigenvalue weighted by Crippen LogP contribution is -2.43. The fourth-order valence-electron chi connectivity index (χ4n) is 3.31. The average molecular weight is 458 g/mol. The maximum Gasteiger partial charge on any atom is 0.329 e. The van der Waals surface area contributed by atoms with Crippen molar-refractivity contribution in [3.05, 3.63) is 58.7 Å². The van der Waals surface area contributed by atoms with E-state index in [2.05, 4.69) is 15.6 Å². The molecule has 0 radical (unpaired) electrons. The van der Waals surface area contributed by atoms with Gasteiger partial charge in [-0.25, -0.2) is 4.79 Å². The average Bonchev–Trinajstić information content (AvgIpc) is 3.16. The zero-order chi connectivity index (χ0) is 23.3. The van der Waals surface area contributed by atoms with E-state index in [1.165, 1.54) is 14.0 Å². The van der Waals surface area contributed by atoms with Gasteiger partial charge in [-0.3, -0.25) is 9.59 Å². The molecule has 0 aliphatic heterocycles. The number of aryl methyl sites for hydroxylation is 1. The van der Waals surface area contributed by atoms with Gasteiger partial charge in [-0.2, -0.15) is 0 Å². The van der Waals surface area contributed by atoms with Crippen molar-refractivity contribution in [2.24, 2.45) is 0 Å².